The van der Waals surface area contributed by atoms with Crippen molar-refractivity contribution in [3.63, 3.8) is 0 Å². The van der Waals surface area contributed by atoms with Crippen LogP contribution in [-0.4, -0.2) is 40.7 Å². The largest absolute Gasteiger partial charge is 0.335 e. The zero-order chi connectivity index (χ0) is 13.1. The molecule has 0 radical (unpaired) electrons. The Morgan fingerprint density at radius 3 is 2.80 bits per heavy atom. The summed E-state index contributed by atoms with van der Waals surface area (Å²) in [7, 11) is 3.79. The van der Waals surface area contributed by atoms with Gasteiger partial charge < -0.3 is 10.2 Å². The lowest BCUT2D eigenvalue weighted by molar-refractivity contribution is -0.135. The van der Waals surface area contributed by atoms with Gasteiger partial charge in [-0.2, -0.15) is 5.10 Å². The van der Waals surface area contributed by atoms with E-state index in [0.717, 1.165) is 31.5 Å². The normalized spacial score (nSPS) is 19.1. The highest BCUT2D eigenvalue weighted by molar-refractivity contribution is 5.85. The first-order valence-corrected chi connectivity index (χ1v) is 6.57. The number of halogens is 2. The molecule has 2 unspecified atom stereocenters. The maximum Gasteiger partial charge on any atom is 0.227 e. The number of amides is 1. The van der Waals surface area contributed by atoms with E-state index in [4.69, 9.17) is 0 Å². The number of nitrogens with one attached hydrogen (secondary N) is 1. The van der Waals surface area contributed by atoms with Gasteiger partial charge in [-0.05, 0) is 19.9 Å². The van der Waals surface area contributed by atoms with E-state index < -0.39 is 0 Å². The van der Waals surface area contributed by atoms with Crippen molar-refractivity contribution < 1.29 is 4.79 Å². The Bertz CT molecular complexity index is 424. The summed E-state index contributed by atoms with van der Waals surface area (Å²) in [4.78, 5) is 14.4. The summed E-state index contributed by atoms with van der Waals surface area (Å²) < 4.78 is 1.80. The summed E-state index contributed by atoms with van der Waals surface area (Å²) in [6.45, 7) is 3.58. The monoisotopic (exact) mass is 322 g/mol. The first-order valence-electron chi connectivity index (χ1n) is 6.57. The van der Waals surface area contributed by atoms with E-state index in [1.165, 1.54) is 0 Å². The van der Waals surface area contributed by atoms with Crippen molar-refractivity contribution in [3.8, 4) is 0 Å². The van der Waals surface area contributed by atoms with Crippen LogP contribution in [0.2, 0.25) is 0 Å². The quantitative estimate of drug-likeness (QED) is 0.919. The average molecular weight is 323 g/mol. The number of aryl methyl sites for hydroxylation is 1. The van der Waals surface area contributed by atoms with E-state index in [9.17, 15) is 4.79 Å². The van der Waals surface area contributed by atoms with Gasteiger partial charge in [0.25, 0.3) is 0 Å². The molecule has 1 aromatic heterocycles. The van der Waals surface area contributed by atoms with Crippen LogP contribution in [0.15, 0.2) is 12.4 Å². The summed E-state index contributed by atoms with van der Waals surface area (Å²) in [6, 6.07) is 0.213. The first-order chi connectivity index (χ1) is 8.63. The van der Waals surface area contributed by atoms with Gasteiger partial charge in [-0.25, -0.2) is 0 Å². The molecule has 0 aromatic carbocycles. The Kier molecular flexibility index (Phi) is 8.16. The van der Waals surface area contributed by atoms with Crippen LogP contribution in [0.4, 0.5) is 0 Å². The minimum Gasteiger partial charge on any atom is -0.335 e. The molecule has 2 heterocycles. The highest BCUT2D eigenvalue weighted by atomic mass is 35.5. The van der Waals surface area contributed by atoms with Crippen LogP contribution in [0.1, 0.15) is 31.4 Å². The number of likely N-dealkylation sites (tertiary alicyclic amines) is 1. The van der Waals surface area contributed by atoms with Crippen LogP contribution < -0.4 is 5.32 Å². The summed E-state index contributed by atoms with van der Waals surface area (Å²) in [6.07, 6.45) is 6.01. The number of rotatable bonds is 4. The highest BCUT2D eigenvalue weighted by Crippen LogP contribution is 2.32. The van der Waals surface area contributed by atoms with Crippen molar-refractivity contribution in [2.75, 3.05) is 20.1 Å². The Hall–Kier alpha value is -0.780. The van der Waals surface area contributed by atoms with E-state index in [2.05, 4.69) is 10.4 Å². The maximum absolute atomic E-state index is 12.4. The predicted octanol–water partition coefficient (Wildman–Crippen LogP) is 1.78. The maximum atomic E-state index is 12.4. The van der Waals surface area contributed by atoms with Gasteiger partial charge >= 0.3 is 0 Å². The molecule has 1 aliphatic rings. The second kappa shape index (κ2) is 8.49. The van der Waals surface area contributed by atoms with Crippen molar-refractivity contribution in [1.82, 2.24) is 20.0 Å². The molecule has 7 heteroatoms. The summed E-state index contributed by atoms with van der Waals surface area (Å²) in [5.41, 5.74) is 1.15. The molecule has 116 valence electrons. The molecule has 1 aromatic rings. The van der Waals surface area contributed by atoms with Gasteiger partial charge in [-0.1, -0.05) is 6.92 Å². The molecular formula is C13H24Cl2N4O. The van der Waals surface area contributed by atoms with Crippen LogP contribution in [0.3, 0.4) is 0 Å². The molecule has 1 fully saturated rings. The fraction of sp³-hybridized carbons (Fsp3) is 0.692. The van der Waals surface area contributed by atoms with Gasteiger partial charge in [0.15, 0.2) is 0 Å². The lowest BCUT2D eigenvalue weighted by Crippen LogP contribution is -2.38. The van der Waals surface area contributed by atoms with E-state index in [1.807, 2.05) is 38.3 Å². The zero-order valence-corrected chi connectivity index (χ0v) is 13.8. The fourth-order valence-electron chi connectivity index (χ4n) is 2.67. The second-order valence-corrected chi connectivity index (χ2v) is 5.10. The van der Waals surface area contributed by atoms with E-state index in [-0.39, 0.29) is 42.7 Å². The first kappa shape index (κ1) is 19.2. The van der Waals surface area contributed by atoms with Crippen molar-refractivity contribution in [3.05, 3.63) is 18.0 Å². The Morgan fingerprint density at radius 1 is 1.55 bits per heavy atom. The van der Waals surface area contributed by atoms with Crippen LogP contribution in [0, 0.1) is 5.92 Å². The molecule has 0 saturated carbocycles. The minimum atomic E-state index is 0. The van der Waals surface area contributed by atoms with E-state index in [1.54, 1.807) is 4.68 Å². The van der Waals surface area contributed by atoms with Crippen molar-refractivity contribution in [2.45, 2.75) is 25.8 Å². The molecule has 20 heavy (non-hydrogen) atoms. The summed E-state index contributed by atoms with van der Waals surface area (Å²) in [5, 5.41) is 7.27. The van der Waals surface area contributed by atoms with Crippen molar-refractivity contribution in [2.24, 2.45) is 13.0 Å². The smallest absolute Gasteiger partial charge is 0.227 e. The molecule has 1 aliphatic heterocycles. The van der Waals surface area contributed by atoms with Gasteiger partial charge in [0.05, 0.1) is 12.2 Å². The average Bonchev–Trinajstić information content (AvgIpc) is 2.96. The molecule has 1 amide bonds. The number of hydrogen-bond acceptors (Lipinski definition) is 3. The van der Waals surface area contributed by atoms with Crippen LogP contribution >= 0.6 is 24.8 Å². The Balaban J connectivity index is 0.00000180. The van der Waals surface area contributed by atoms with Crippen LogP contribution in [0.5, 0.6) is 0 Å². The molecule has 1 N–H and O–H groups in total. The third kappa shape index (κ3) is 4.11. The number of nitrogens with zero attached hydrogens (tertiary/aromatic N) is 3. The van der Waals surface area contributed by atoms with Gasteiger partial charge in [0, 0.05) is 37.8 Å². The lowest BCUT2D eigenvalue weighted by atomic mass is 10.1. The van der Waals surface area contributed by atoms with Crippen molar-refractivity contribution >= 4 is 30.7 Å². The Morgan fingerprint density at radius 2 is 2.25 bits per heavy atom. The molecule has 1 saturated heterocycles. The molecule has 5 nitrogen and oxygen atoms in total. The van der Waals surface area contributed by atoms with E-state index >= 15 is 0 Å². The molecular weight excluding hydrogens is 299 g/mol. The number of hydrogen-bond donors (Lipinski definition) is 1. The molecule has 0 spiro atoms. The molecule has 0 bridgehead atoms. The van der Waals surface area contributed by atoms with Crippen LogP contribution in [-0.2, 0) is 11.8 Å². The standard InChI is InChI=1S/C13H22N4O.2ClH/c1-10(7-14-2)13(18)17-6-4-5-12(17)11-8-15-16(3)9-11;;/h8-10,12,14H,4-7H2,1-3H3;2*1H. The summed E-state index contributed by atoms with van der Waals surface area (Å²) in [5.74, 6) is 0.281. The topological polar surface area (TPSA) is 50.2 Å². The Labute approximate surface area is 132 Å². The van der Waals surface area contributed by atoms with Gasteiger partial charge in [0.1, 0.15) is 0 Å². The number of carbonyl (C=O) groups is 1. The number of carbonyl (C=O) groups excluding carboxylic acids is 1. The highest BCUT2D eigenvalue weighted by Gasteiger charge is 2.32. The SMILES string of the molecule is CNCC(C)C(=O)N1CCCC1c1cnn(C)c1.Cl.Cl. The predicted molar refractivity (Wildman–Crippen MR) is 84.5 cm³/mol. The molecule has 2 atom stereocenters. The van der Waals surface area contributed by atoms with Gasteiger partial charge in [0.2, 0.25) is 5.91 Å². The summed E-state index contributed by atoms with van der Waals surface area (Å²) >= 11 is 0. The lowest BCUT2D eigenvalue weighted by Gasteiger charge is -2.26. The zero-order valence-electron chi connectivity index (χ0n) is 12.2. The van der Waals surface area contributed by atoms with E-state index in [0.29, 0.717) is 0 Å². The molecule has 0 aliphatic carbocycles. The van der Waals surface area contributed by atoms with Crippen molar-refractivity contribution in [1.29, 1.82) is 0 Å². The second-order valence-electron chi connectivity index (χ2n) is 5.10. The fourth-order valence-corrected chi connectivity index (χ4v) is 2.67. The molecule has 2 rings (SSSR count). The third-order valence-corrected chi connectivity index (χ3v) is 3.58. The third-order valence-electron chi connectivity index (χ3n) is 3.58. The van der Waals surface area contributed by atoms with Crippen LogP contribution in [0.25, 0.3) is 0 Å². The van der Waals surface area contributed by atoms with Gasteiger partial charge in [-0.15, -0.1) is 24.8 Å². The van der Waals surface area contributed by atoms with Gasteiger partial charge in [-0.3, -0.25) is 9.48 Å². The minimum absolute atomic E-state index is 0. The number of aromatic nitrogens is 2.